The first-order chi connectivity index (χ1) is 17.5. The summed E-state index contributed by atoms with van der Waals surface area (Å²) < 4.78 is 9.62. The van der Waals surface area contributed by atoms with Crippen molar-refractivity contribution in [1.29, 1.82) is 0 Å². The molecule has 6 heteroatoms. The first kappa shape index (κ1) is 34.3. The van der Waals surface area contributed by atoms with Crippen molar-refractivity contribution >= 4 is 11.9 Å². The van der Waals surface area contributed by atoms with E-state index in [-0.39, 0.29) is 6.42 Å². The average molecular weight is 511 g/mol. The van der Waals surface area contributed by atoms with E-state index < -0.39 is 17.9 Å². The maximum Gasteiger partial charge on any atom is 0.373 e. The average Bonchev–Trinajstić information content (AvgIpc) is 2.86. The van der Waals surface area contributed by atoms with Gasteiger partial charge in [0.2, 0.25) is 0 Å². The molecule has 0 unspecified atom stereocenters. The molecule has 0 aromatic rings. The van der Waals surface area contributed by atoms with Crippen LogP contribution in [0, 0.1) is 0 Å². The summed E-state index contributed by atoms with van der Waals surface area (Å²) in [5, 5.41) is 19.1. The van der Waals surface area contributed by atoms with E-state index in [1.807, 2.05) is 0 Å². The van der Waals surface area contributed by atoms with Crippen LogP contribution in [0.15, 0.2) is 25.3 Å². The fourth-order valence-corrected chi connectivity index (χ4v) is 4.34. The highest BCUT2D eigenvalue weighted by molar-refractivity contribution is 5.83. The van der Waals surface area contributed by atoms with Gasteiger partial charge in [-0.15, -0.1) is 0 Å². The van der Waals surface area contributed by atoms with Gasteiger partial charge in [-0.3, -0.25) is 0 Å². The largest absolute Gasteiger partial charge is 0.396 e. The highest BCUT2D eigenvalue weighted by atomic mass is 16.8. The molecule has 0 fully saturated rings. The molecule has 210 valence electrons. The van der Waals surface area contributed by atoms with E-state index in [0.717, 1.165) is 37.8 Å². The van der Waals surface area contributed by atoms with Gasteiger partial charge >= 0.3 is 17.9 Å². The number of hydrogen-bond acceptors (Lipinski definition) is 6. The molecule has 0 atom stereocenters. The molecule has 0 aliphatic carbocycles. The number of rotatable bonds is 27. The third-order valence-corrected chi connectivity index (χ3v) is 6.50. The summed E-state index contributed by atoms with van der Waals surface area (Å²) in [4.78, 5) is 22.8. The number of esters is 2. The number of carbonyl (C=O) groups excluding carboxylic acids is 2. The predicted octanol–water partition coefficient (Wildman–Crippen LogP) is 7.67. The lowest BCUT2D eigenvalue weighted by Gasteiger charge is -2.25. The van der Waals surface area contributed by atoms with Crippen LogP contribution in [0.4, 0.5) is 0 Å². The standard InChI is InChI=1S/C30H54O6/c1-3-28(32)35-30(34,36-29(33)4-2)26-24-22-20-18-16-14-12-10-8-6-5-7-9-11-13-15-17-19-21-23-25-27-31/h3-4,31,34H,1-2,5-27H2. The van der Waals surface area contributed by atoms with E-state index in [1.165, 1.54) is 103 Å². The Labute approximate surface area is 220 Å². The van der Waals surface area contributed by atoms with E-state index in [2.05, 4.69) is 13.2 Å². The third kappa shape index (κ3) is 22.8. The second kappa shape index (κ2) is 25.0. The van der Waals surface area contributed by atoms with E-state index >= 15 is 0 Å². The van der Waals surface area contributed by atoms with Gasteiger partial charge in [-0.05, 0) is 12.8 Å². The third-order valence-electron chi connectivity index (χ3n) is 6.50. The number of aliphatic hydroxyl groups excluding tert-OH is 1. The second-order valence-corrected chi connectivity index (χ2v) is 9.86. The highest BCUT2D eigenvalue weighted by Gasteiger charge is 2.34. The van der Waals surface area contributed by atoms with E-state index in [1.54, 1.807) is 0 Å². The number of carbonyl (C=O) groups is 2. The Morgan fingerprint density at radius 1 is 0.528 bits per heavy atom. The fraction of sp³-hybridized carbons (Fsp3) is 0.800. The molecule has 0 aromatic heterocycles. The summed E-state index contributed by atoms with van der Waals surface area (Å²) in [6.45, 7) is 6.91. The molecule has 0 aliphatic rings. The Bertz CT molecular complexity index is 538. The van der Waals surface area contributed by atoms with Crippen molar-refractivity contribution in [2.75, 3.05) is 6.61 Å². The summed E-state index contributed by atoms with van der Waals surface area (Å²) in [6.07, 6.45) is 27.7. The van der Waals surface area contributed by atoms with Crippen molar-refractivity contribution in [2.45, 2.75) is 147 Å². The molecule has 0 saturated heterocycles. The van der Waals surface area contributed by atoms with Crippen molar-refractivity contribution in [3.63, 3.8) is 0 Å². The Balaban J connectivity index is 3.47. The van der Waals surface area contributed by atoms with Crippen molar-refractivity contribution in [3.05, 3.63) is 25.3 Å². The first-order valence-corrected chi connectivity index (χ1v) is 14.5. The zero-order chi connectivity index (χ0) is 26.7. The molecule has 2 N–H and O–H groups in total. The Morgan fingerprint density at radius 3 is 1.03 bits per heavy atom. The van der Waals surface area contributed by atoms with Gasteiger partial charge < -0.3 is 19.7 Å². The highest BCUT2D eigenvalue weighted by Crippen LogP contribution is 2.21. The van der Waals surface area contributed by atoms with Crippen LogP contribution in [-0.4, -0.2) is 34.7 Å². The normalized spacial score (nSPS) is 11.3. The summed E-state index contributed by atoms with van der Waals surface area (Å²) in [5.41, 5.74) is 0. The molecule has 0 saturated carbocycles. The number of aliphatic hydroxyl groups is 2. The number of hydrogen-bond donors (Lipinski definition) is 2. The van der Waals surface area contributed by atoms with Crippen LogP contribution in [0.25, 0.3) is 0 Å². The number of unbranched alkanes of at least 4 members (excludes halogenated alkanes) is 20. The molecule has 0 aliphatic heterocycles. The van der Waals surface area contributed by atoms with Crippen LogP contribution in [0.5, 0.6) is 0 Å². The van der Waals surface area contributed by atoms with Crippen LogP contribution in [0.3, 0.4) is 0 Å². The molecule has 0 bridgehead atoms. The minimum Gasteiger partial charge on any atom is -0.396 e. The molecule has 0 radical (unpaired) electrons. The lowest BCUT2D eigenvalue weighted by molar-refractivity contribution is -0.324. The van der Waals surface area contributed by atoms with Crippen LogP contribution in [0.1, 0.15) is 141 Å². The van der Waals surface area contributed by atoms with Crippen LogP contribution in [-0.2, 0) is 19.1 Å². The maximum atomic E-state index is 11.4. The van der Waals surface area contributed by atoms with Crippen molar-refractivity contribution < 1.29 is 29.3 Å². The van der Waals surface area contributed by atoms with Crippen LogP contribution < -0.4 is 0 Å². The molecule has 0 spiro atoms. The molecular weight excluding hydrogens is 456 g/mol. The minimum atomic E-state index is -2.27. The summed E-state index contributed by atoms with van der Waals surface area (Å²) >= 11 is 0. The Kier molecular flexibility index (Phi) is 23.9. The molecule has 0 amide bonds. The van der Waals surface area contributed by atoms with E-state index in [9.17, 15) is 14.7 Å². The molecule has 0 heterocycles. The van der Waals surface area contributed by atoms with Gasteiger partial charge in [0.1, 0.15) is 0 Å². The van der Waals surface area contributed by atoms with Crippen molar-refractivity contribution in [2.24, 2.45) is 0 Å². The Hall–Kier alpha value is -1.66. The predicted molar refractivity (Wildman–Crippen MR) is 146 cm³/mol. The zero-order valence-electron chi connectivity index (χ0n) is 22.9. The minimum absolute atomic E-state index is 0.0261. The second-order valence-electron chi connectivity index (χ2n) is 9.86. The monoisotopic (exact) mass is 510 g/mol. The smallest absolute Gasteiger partial charge is 0.373 e. The molecule has 36 heavy (non-hydrogen) atoms. The van der Waals surface area contributed by atoms with Gasteiger partial charge in [-0.2, -0.15) is 0 Å². The Morgan fingerprint density at radius 2 is 0.778 bits per heavy atom. The lowest BCUT2D eigenvalue weighted by atomic mass is 10.0. The first-order valence-electron chi connectivity index (χ1n) is 14.5. The van der Waals surface area contributed by atoms with Gasteiger partial charge in [0.05, 0.1) is 6.42 Å². The number of ether oxygens (including phenoxy) is 2. The lowest BCUT2D eigenvalue weighted by Crippen LogP contribution is -2.39. The quantitative estimate of drug-likeness (QED) is 0.0510. The van der Waals surface area contributed by atoms with Crippen LogP contribution >= 0.6 is 0 Å². The molecule has 0 aromatic carbocycles. The SMILES string of the molecule is C=CC(=O)OC(O)(CCCCCCCCCCCCCCCCCCCCCCCO)OC(=O)C=C. The van der Waals surface area contributed by atoms with Gasteiger partial charge in [0.15, 0.2) is 0 Å². The molecular formula is C30H54O6. The molecule has 0 rings (SSSR count). The zero-order valence-corrected chi connectivity index (χ0v) is 22.9. The topological polar surface area (TPSA) is 93.1 Å². The molecule has 6 nitrogen and oxygen atoms in total. The van der Waals surface area contributed by atoms with Gasteiger partial charge in [0, 0.05) is 18.8 Å². The van der Waals surface area contributed by atoms with Gasteiger partial charge in [-0.1, -0.05) is 135 Å². The fourth-order valence-electron chi connectivity index (χ4n) is 4.34. The summed E-state index contributed by atoms with van der Waals surface area (Å²) in [7, 11) is 0. The summed E-state index contributed by atoms with van der Waals surface area (Å²) in [6, 6.07) is 0. The van der Waals surface area contributed by atoms with Crippen molar-refractivity contribution in [3.8, 4) is 0 Å². The van der Waals surface area contributed by atoms with E-state index in [0.29, 0.717) is 13.0 Å². The van der Waals surface area contributed by atoms with E-state index in [4.69, 9.17) is 14.6 Å². The van der Waals surface area contributed by atoms with Crippen LogP contribution in [0.2, 0.25) is 0 Å². The van der Waals surface area contributed by atoms with Gasteiger partial charge in [0.25, 0.3) is 0 Å². The maximum absolute atomic E-state index is 11.4. The van der Waals surface area contributed by atoms with Gasteiger partial charge in [-0.25, -0.2) is 9.59 Å². The summed E-state index contributed by atoms with van der Waals surface area (Å²) in [5.74, 6) is -3.96. The van der Waals surface area contributed by atoms with Crippen molar-refractivity contribution in [1.82, 2.24) is 0 Å².